The minimum Gasteiger partial charge on any atom is -0.285 e. The molecule has 1 aliphatic rings. The smallest absolute Gasteiger partial charge is 0.230 e. The summed E-state index contributed by atoms with van der Waals surface area (Å²) in [5.41, 5.74) is 0.632. The molecule has 5 nitrogen and oxygen atoms in total. The summed E-state index contributed by atoms with van der Waals surface area (Å²) in [5, 5.41) is 6.54. The van der Waals surface area contributed by atoms with E-state index in [1.807, 2.05) is 20.8 Å². The molecule has 0 spiro atoms. The largest absolute Gasteiger partial charge is 0.285 e. The maximum atomic E-state index is 12.0. The molecule has 17 heavy (non-hydrogen) atoms. The lowest BCUT2D eigenvalue weighted by atomic mass is 9.81. The van der Waals surface area contributed by atoms with E-state index in [0.29, 0.717) is 12.8 Å². The first-order valence-corrected chi connectivity index (χ1v) is 5.74. The van der Waals surface area contributed by atoms with Crippen LogP contribution in [0.4, 0.5) is 0 Å². The Labute approximate surface area is 100 Å². The van der Waals surface area contributed by atoms with E-state index in [1.54, 1.807) is 12.4 Å². The van der Waals surface area contributed by atoms with Gasteiger partial charge in [0, 0.05) is 24.6 Å². The Morgan fingerprint density at radius 2 is 1.94 bits per heavy atom. The molecule has 1 saturated heterocycles. The number of nitrogens with one attached hydrogen (secondary N) is 1. The van der Waals surface area contributed by atoms with Crippen molar-refractivity contribution in [1.82, 2.24) is 15.1 Å². The van der Waals surface area contributed by atoms with E-state index < -0.39 is 0 Å². The number of aromatic amines is 1. The molecule has 1 fully saturated rings. The molecular formula is C12H17N3O2. The van der Waals surface area contributed by atoms with Crippen LogP contribution in [0.3, 0.4) is 0 Å². The Hall–Kier alpha value is -1.65. The summed E-state index contributed by atoms with van der Waals surface area (Å²) in [6, 6.07) is -0.246. The first-order chi connectivity index (χ1) is 7.91. The van der Waals surface area contributed by atoms with Crippen LogP contribution in [-0.2, 0) is 9.59 Å². The lowest BCUT2D eigenvalue weighted by Crippen LogP contribution is -2.47. The fourth-order valence-corrected chi connectivity index (χ4v) is 2.26. The number of nitrogens with zero attached hydrogens (tertiary/aromatic N) is 2. The van der Waals surface area contributed by atoms with Crippen LogP contribution in [0.1, 0.15) is 45.2 Å². The number of carbonyl (C=O) groups is 2. The standard InChI is InChI=1S/C12H17N3O2/c1-8(9-6-13-14-7-9)15-10(16)4-12(2,3)5-11(15)17/h6-8H,4-5H2,1-3H3,(H,13,14). The van der Waals surface area contributed by atoms with Crippen molar-refractivity contribution < 1.29 is 9.59 Å². The van der Waals surface area contributed by atoms with Gasteiger partial charge in [0.2, 0.25) is 11.8 Å². The molecule has 0 bridgehead atoms. The number of carbonyl (C=O) groups excluding carboxylic acids is 2. The molecule has 5 heteroatoms. The predicted molar refractivity (Wildman–Crippen MR) is 61.9 cm³/mol. The van der Waals surface area contributed by atoms with E-state index in [2.05, 4.69) is 10.2 Å². The highest BCUT2D eigenvalue weighted by molar-refractivity contribution is 5.98. The van der Waals surface area contributed by atoms with Crippen molar-refractivity contribution in [2.75, 3.05) is 0 Å². The third-order valence-corrected chi connectivity index (χ3v) is 3.19. The Balaban J connectivity index is 2.22. The van der Waals surface area contributed by atoms with Crippen LogP contribution in [0.15, 0.2) is 12.4 Å². The van der Waals surface area contributed by atoms with Gasteiger partial charge in [0.1, 0.15) is 0 Å². The van der Waals surface area contributed by atoms with Crippen molar-refractivity contribution >= 4 is 11.8 Å². The molecule has 0 aliphatic carbocycles. The van der Waals surface area contributed by atoms with Gasteiger partial charge >= 0.3 is 0 Å². The highest BCUT2D eigenvalue weighted by Crippen LogP contribution is 2.35. The maximum absolute atomic E-state index is 12.0. The fourth-order valence-electron chi connectivity index (χ4n) is 2.26. The Morgan fingerprint density at radius 1 is 1.35 bits per heavy atom. The summed E-state index contributed by atoms with van der Waals surface area (Å²) in [7, 11) is 0. The zero-order valence-electron chi connectivity index (χ0n) is 10.4. The van der Waals surface area contributed by atoms with Gasteiger partial charge in [0.25, 0.3) is 0 Å². The van der Waals surface area contributed by atoms with Gasteiger partial charge in [-0.2, -0.15) is 5.10 Å². The SMILES string of the molecule is CC(c1cn[nH]c1)N1C(=O)CC(C)(C)CC1=O. The van der Waals surface area contributed by atoms with E-state index in [-0.39, 0.29) is 23.3 Å². The van der Waals surface area contributed by atoms with Crippen molar-refractivity contribution in [2.45, 2.75) is 39.7 Å². The third-order valence-electron chi connectivity index (χ3n) is 3.19. The number of H-pyrrole nitrogens is 1. The molecule has 0 aromatic carbocycles. The number of piperidine rings is 1. The average molecular weight is 235 g/mol. The number of likely N-dealkylation sites (tertiary alicyclic amines) is 1. The summed E-state index contributed by atoms with van der Waals surface area (Å²) < 4.78 is 0. The molecule has 0 radical (unpaired) electrons. The van der Waals surface area contributed by atoms with Crippen molar-refractivity contribution in [3.05, 3.63) is 18.0 Å². The van der Waals surface area contributed by atoms with Crippen LogP contribution in [0.5, 0.6) is 0 Å². The predicted octanol–water partition coefficient (Wildman–Crippen LogP) is 1.65. The second-order valence-corrected chi connectivity index (χ2v) is 5.38. The first-order valence-electron chi connectivity index (χ1n) is 5.74. The van der Waals surface area contributed by atoms with Gasteiger partial charge in [-0.25, -0.2) is 0 Å². The molecule has 1 aromatic heterocycles. The van der Waals surface area contributed by atoms with Crippen LogP contribution in [0.2, 0.25) is 0 Å². The van der Waals surface area contributed by atoms with E-state index >= 15 is 0 Å². The molecule has 1 aromatic rings. The van der Waals surface area contributed by atoms with Crippen molar-refractivity contribution in [1.29, 1.82) is 0 Å². The van der Waals surface area contributed by atoms with Crippen LogP contribution >= 0.6 is 0 Å². The van der Waals surface area contributed by atoms with Crippen molar-refractivity contribution in [3.8, 4) is 0 Å². The molecule has 92 valence electrons. The van der Waals surface area contributed by atoms with Crippen LogP contribution in [0, 0.1) is 5.41 Å². The van der Waals surface area contributed by atoms with Gasteiger partial charge in [0.15, 0.2) is 0 Å². The number of hydrogen-bond donors (Lipinski definition) is 1. The second kappa shape index (κ2) is 3.98. The van der Waals surface area contributed by atoms with Gasteiger partial charge < -0.3 is 0 Å². The van der Waals surface area contributed by atoms with Crippen molar-refractivity contribution in [2.24, 2.45) is 5.41 Å². The maximum Gasteiger partial charge on any atom is 0.230 e. The van der Waals surface area contributed by atoms with E-state index in [1.165, 1.54) is 4.90 Å². The first kappa shape index (κ1) is 11.8. The molecule has 1 unspecified atom stereocenters. The zero-order valence-corrected chi connectivity index (χ0v) is 10.4. The number of imide groups is 1. The topological polar surface area (TPSA) is 66.1 Å². The molecule has 1 N–H and O–H groups in total. The van der Waals surface area contributed by atoms with Crippen LogP contribution in [-0.4, -0.2) is 26.9 Å². The number of aromatic nitrogens is 2. The Bertz CT molecular complexity index is 417. The summed E-state index contributed by atoms with van der Waals surface area (Å²) in [6.45, 7) is 5.74. The molecule has 1 aliphatic heterocycles. The number of rotatable bonds is 2. The van der Waals surface area contributed by atoms with E-state index in [9.17, 15) is 9.59 Å². The van der Waals surface area contributed by atoms with Crippen molar-refractivity contribution in [3.63, 3.8) is 0 Å². The van der Waals surface area contributed by atoms with Crippen LogP contribution in [0.25, 0.3) is 0 Å². The molecule has 2 heterocycles. The van der Waals surface area contributed by atoms with E-state index in [0.717, 1.165) is 5.56 Å². The summed E-state index contributed by atoms with van der Waals surface area (Å²) >= 11 is 0. The van der Waals surface area contributed by atoms with Crippen LogP contribution < -0.4 is 0 Å². The lowest BCUT2D eigenvalue weighted by molar-refractivity contribution is -0.155. The normalized spacial score (nSPS) is 21.7. The van der Waals surface area contributed by atoms with Gasteiger partial charge in [-0.3, -0.25) is 19.6 Å². The Morgan fingerprint density at radius 3 is 2.41 bits per heavy atom. The molecule has 0 saturated carbocycles. The van der Waals surface area contributed by atoms with Gasteiger partial charge in [-0.15, -0.1) is 0 Å². The quantitative estimate of drug-likeness (QED) is 0.792. The summed E-state index contributed by atoms with van der Waals surface area (Å²) in [4.78, 5) is 25.4. The highest BCUT2D eigenvalue weighted by Gasteiger charge is 2.39. The number of hydrogen-bond acceptors (Lipinski definition) is 3. The minimum absolute atomic E-state index is 0.0973. The molecule has 1 atom stereocenters. The fraction of sp³-hybridized carbons (Fsp3) is 0.583. The summed E-state index contributed by atoms with van der Waals surface area (Å²) in [5.74, 6) is -0.195. The monoisotopic (exact) mass is 235 g/mol. The minimum atomic E-state index is -0.246. The lowest BCUT2D eigenvalue weighted by Gasteiger charge is -2.37. The third kappa shape index (κ3) is 2.23. The summed E-state index contributed by atoms with van der Waals surface area (Å²) in [6.07, 6.45) is 4.19. The van der Waals surface area contributed by atoms with Gasteiger partial charge in [-0.05, 0) is 12.3 Å². The highest BCUT2D eigenvalue weighted by atomic mass is 16.2. The van der Waals surface area contributed by atoms with Gasteiger partial charge in [0.05, 0.1) is 12.2 Å². The molecule has 2 amide bonds. The second-order valence-electron chi connectivity index (χ2n) is 5.38. The Kier molecular flexibility index (Phi) is 2.77. The zero-order chi connectivity index (χ0) is 12.6. The number of amides is 2. The molecule has 2 rings (SSSR count). The van der Waals surface area contributed by atoms with Gasteiger partial charge in [-0.1, -0.05) is 13.8 Å². The molecular weight excluding hydrogens is 218 g/mol. The average Bonchev–Trinajstić information content (AvgIpc) is 2.66. The van der Waals surface area contributed by atoms with E-state index in [4.69, 9.17) is 0 Å².